The normalized spacial score (nSPS) is 15.9. The molecule has 2 aromatic carbocycles. The van der Waals surface area contributed by atoms with Crippen LogP contribution in [0.4, 0.5) is 0 Å². The van der Waals surface area contributed by atoms with Crippen LogP contribution in [0.15, 0.2) is 41.4 Å². The predicted octanol–water partition coefficient (Wildman–Crippen LogP) is 3.61. The Morgan fingerprint density at radius 2 is 2.06 bits per heavy atom. The molecule has 1 heterocycles. The topological polar surface area (TPSA) is 114 Å². The lowest BCUT2D eigenvalue weighted by atomic mass is 10.0. The molecule has 3 aromatic rings. The first kappa shape index (κ1) is 24.5. The Balaban J connectivity index is 1.63. The van der Waals surface area contributed by atoms with Gasteiger partial charge in [-0.2, -0.15) is 0 Å². The van der Waals surface area contributed by atoms with Crippen LogP contribution in [0.5, 0.6) is 5.75 Å². The molecule has 0 fully saturated rings. The maximum Gasteiger partial charge on any atom is 0.214 e. The Morgan fingerprint density at radius 1 is 1.26 bits per heavy atom. The molecule has 1 aliphatic rings. The molecule has 2 N–H and O–H groups in total. The van der Waals surface area contributed by atoms with Gasteiger partial charge in [0.25, 0.3) is 0 Å². The van der Waals surface area contributed by atoms with Crippen LogP contribution < -0.4 is 9.46 Å². The summed E-state index contributed by atoms with van der Waals surface area (Å²) < 4.78 is 32.9. The maximum atomic E-state index is 12.2. The molecule has 0 bridgehead atoms. The van der Waals surface area contributed by atoms with Gasteiger partial charge in [-0.05, 0) is 56.0 Å². The van der Waals surface area contributed by atoms with Gasteiger partial charge >= 0.3 is 0 Å². The molecule has 0 amide bonds. The van der Waals surface area contributed by atoms with E-state index >= 15 is 0 Å². The Hall–Kier alpha value is -2.66. The van der Waals surface area contributed by atoms with Crippen LogP contribution in [0, 0.1) is 0 Å². The van der Waals surface area contributed by atoms with E-state index in [0.29, 0.717) is 6.42 Å². The average molecular weight is 501 g/mol. The highest BCUT2D eigenvalue weighted by molar-refractivity contribution is 7.89. The standard InChI is InChI=1S/C24H28N4O4S2/c1-15(2)32-22-10-7-16(13-17(22)14-25-3)23-26-27-24(33-23)20-6-4-5-19-18(20)8-9-21(19)28-34(30,31)12-11-29/h4-7,10,13-15,21,28-29H,8-9,11-12H2,1-3H3. The number of hydrogen-bond donors (Lipinski definition) is 2. The molecule has 10 heteroatoms. The summed E-state index contributed by atoms with van der Waals surface area (Å²) in [7, 11) is -1.81. The Bertz CT molecular complexity index is 1300. The third-order valence-corrected chi connectivity index (χ3v) is 7.86. The summed E-state index contributed by atoms with van der Waals surface area (Å²) in [5.41, 5.74) is 4.81. The lowest BCUT2D eigenvalue weighted by Gasteiger charge is -2.14. The summed E-state index contributed by atoms with van der Waals surface area (Å²) in [6.45, 7) is 3.56. The number of hydrogen-bond acceptors (Lipinski definition) is 8. The second kappa shape index (κ2) is 10.3. The third-order valence-electron chi connectivity index (χ3n) is 5.50. The molecule has 1 aliphatic carbocycles. The minimum atomic E-state index is -3.53. The molecule has 34 heavy (non-hydrogen) atoms. The smallest absolute Gasteiger partial charge is 0.214 e. The van der Waals surface area contributed by atoms with Gasteiger partial charge in [-0.15, -0.1) is 10.2 Å². The predicted molar refractivity (Wildman–Crippen MR) is 135 cm³/mol. The number of aliphatic imine (C=N–C) groups is 1. The molecular formula is C24H28N4O4S2. The number of nitrogens with zero attached hydrogens (tertiary/aromatic N) is 3. The zero-order valence-electron chi connectivity index (χ0n) is 19.4. The molecule has 0 radical (unpaired) electrons. The van der Waals surface area contributed by atoms with E-state index in [1.807, 2.05) is 50.2 Å². The summed E-state index contributed by atoms with van der Waals surface area (Å²) in [5.74, 6) is 0.467. The number of sulfonamides is 1. The number of benzene rings is 2. The van der Waals surface area contributed by atoms with E-state index in [1.54, 1.807) is 13.3 Å². The van der Waals surface area contributed by atoms with Crippen LogP contribution in [0.25, 0.3) is 21.1 Å². The number of aromatic nitrogens is 2. The van der Waals surface area contributed by atoms with Crippen molar-refractivity contribution in [1.29, 1.82) is 0 Å². The van der Waals surface area contributed by atoms with Crippen molar-refractivity contribution in [3.05, 3.63) is 53.1 Å². The quantitative estimate of drug-likeness (QED) is 0.434. The van der Waals surface area contributed by atoms with E-state index in [9.17, 15) is 8.42 Å². The van der Waals surface area contributed by atoms with Crippen molar-refractivity contribution >= 4 is 27.6 Å². The fraction of sp³-hybridized carbons (Fsp3) is 0.375. The molecule has 0 aliphatic heterocycles. The molecule has 0 saturated carbocycles. The first-order valence-corrected chi connectivity index (χ1v) is 13.6. The molecule has 1 unspecified atom stereocenters. The molecule has 0 spiro atoms. The zero-order valence-corrected chi connectivity index (χ0v) is 21.0. The van der Waals surface area contributed by atoms with Crippen molar-refractivity contribution in [2.45, 2.75) is 38.8 Å². The van der Waals surface area contributed by atoms with E-state index in [0.717, 1.165) is 50.0 Å². The van der Waals surface area contributed by atoms with E-state index < -0.39 is 16.6 Å². The van der Waals surface area contributed by atoms with Crippen molar-refractivity contribution in [2.75, 3.05) is 19.4 Å². The number of ether oxygens (including phenoxy) is 1. The minimum Gasteiger partial charge on any atom is -0.490 e. The number of nitrogens with one attached hydrogen (secondary N) is 1. The molecule has 0 saturated heterocycles. The van der Waals surface area contributed by atoms with Gasteiger partial charge in [-0.25, -0.2) is 13.1 Å². The van der Waals surface area contributed by atoms with E-state index in [2.05, 4.69) is 19.9 Å². The summed E-state index contributed by atoms with van der Waals surface area (Å²) in [6, 6.07) is 11.5. The van der Waals surface area contributed by atoms with Gasteiger partial charge in [0.15, 0.2) is 0 Å². The summed E-state index contributed by atoms with van der Waals surface area (Å²) in [5, 5.41) is 19.5. The highest BCUT2D eigenvalue weighted by Gasteiger charge is 2.29. The highest BCUT2D eigenvalue weighted by atomic mass is 32.2. The first-order valence-electron chi connectivity index (χ1n) is 11.1. The fourth-order valence-corrected chi connectivity index (χ4v) is 6.03. The Labute approximate surface area is 203 Å². The second-order valence-electron chi connectivity index (χ2n) is 8.34. The van der Waals surface area contributed by atoms with Crippen molar-refractivity contribution in [3.63, 3.8) is 0 Å². The molecular weight excluding hydrogens is 472 g/mol. The molecule has 180 valence electrons. The Morgan fingerprint density at radius 3 is 2.79 bits per heavy atom. The van der Waals surface area contributed by atoms with Gasteiger partial charge in [0.05, 0.1) is 18.5 Å². The van der Waals surface area contributed by atoms with Crippen molar-refractivity contribution in [3.8, 4) is 26.9 Å². The SMILES string of the molecule is CN=Cc1cc(-c2nnc(-c3cccc4c3CCC4NS(=O)(=O)CCO)s2)ccc1OC(C)C. The molecule has 4 rings (SSSR count). The van der Waals surface area contributed by atoms with Gasteiger partial charge in [0, 0.05) is 36.0 Å². The van der Waals surface area contributed by atoms with Crippen LogP contribution in [0.2, 0.25) is 0 Å². The van der Waals surface area contributed by atoms with E-state index in [1.165, 1.54) is 11.3 Å². The maximum absolute atomic E-state index is 12.2. The molecule has 1 atom stereocenters. The van der Waals surface area contributed by atoms with Crippen LogP contribution in [-0.2, 0) is 16.4 Å². The van der Waals surface area contributed by atoms with Gasteiger partial charge in [-0.1, -0.05) is 29.5 Å². The third kappa shape index (κ3) is 5.35. The van der Waals surface area contributed by atoms with Crippen LogP contribution >= 0.6 is 11.3 Å². The molecule has 8 nitrogen and oxygen atoms in total. The lowest BCUT2D eigenvalue weighted by molar-refractivity contribution is 0.242. The van der Waals surface area contributed by atoms with Crippen molar-refractivity contribution in [1.82, 2.24) is 14.9 Å². The second-order valence-corrected chi connectivity index (χ2v) is 11.2. The summed E-state index contributed by atoms with van der Waals surface area (Å²) >= 11 is 1.49. The van der Waals surface area contributed by atoms with Crippen molar-refractivity contribution < 1.29 is 18.3 Å². The van der Waals surface area contributed by atoms with Gasteiger partial charge in [0.1, 0.15) is 15.8 Å². The van der Waals surface area contributed by atoms with Crippen LogP contribution in [0.1, 0.15) is 43.0 Å². The zero-order chi connectivity index (χ0) is 24.3. The number of aliphatic hydroxyl groups excluding tert-OH is 1. The fourth-order valence-electron chi connectivity index (χ4n) is 4.10. The largest absolute Gasteiger partial charge is 0.490 e. The van der Waals surface area contributed by atoms with Crippen LogP contribution in [0.3, 0.4) is 0 Å². The highest BCUT2D eigenvalue weighted by Crippen LogP contribution is 2.40. The summed E-state index contributed by atoms with van der Waals surface area (Å²) in [4.78, 5) is 4.14. The van der Waals surface area contributed by atoms with Crippen LogP contribution in [-0.4, -0.2) is 55.4 Å². The van der Waals surface area contributed by atoms with Crippen molar-refractivity contribution in [2.24, 2.45) is 4.99 Å². The number of aliphatic hydroxyl groups is 1. The Kier molecular flexibility index (Phi) is 7.42. The van der Waals surface area contributed by atoms with E-state index in [-0.39, 0.29) is 17.9 Å². The average Bonchev–Trinajstić information content (AvgIpc) is 3.42. The minimum absolute atomic E-state index is 0.0557. The monoisotopic (exact) mass is 500 g/mol. The number of rotatable bonds is 9. The molecule has 1 aromatic heterocycles. The summed E-state index contributed by atoms with van der Waals surface area (Å²) in [6.07, 6.45) is 3.23. The van der Waals surface area contributed by atoms with E-state index in [4.69, 9.17) is 9.84 Å². The van der Waals surface area contributed by atoms with Gasteiger partial charge in [-0.3, -0.25) is 4.99 Å². The lowest BCUT2D eigenvalue weighted by Crippen LogP contribution is -2.30. The van der Waals surface area contributed by atoms with Gasteiger partial charge < -0.3 is 9.84 Å². The van der Waals surface area contributed by atoms with Gasteiger partial charge in [0.2, 0.25) is 10.0 Å². The first-order chi connectivity index (χ1) is 16.3. The number of fused-ring (bicyclic) bond motifs is 1.